The van der Waals surface area contributed by atoms with Gasteiger partial charge in [-0.1, -0.05) is 31.2 Å². The molecule has 0 saturated heterocycles. The van der Waals surface area contributed by atoms with Crippen molar-refractivity contribution < 1.29 is 4.74 Å². The molecule has 0 bridgehead atoms. The molecule has 45 heavy (non-hydrogen) atoms. The van der Waals surface area contributed by atoms with E-state index in [1.165, 1.54) is 0 Å². The maximum Gasteiger partial charge on any atom is 0.233 e. The SMILES string of the molecule is CCCNc1nc(Nc2ccc(N=Nc3cccc(C)c3)cc2C)nc(Nc2ccc(N=Nc3cccc(C)c3)cc2OC)n1. The average molecular weight is 601 g/mol. The van der Waals surface area contributed by atoms with Crippen molar-refractivity contribution in [1.82, 2.24) is 15.0 Å². The molecule has 228 valence electrons. The zero-order valence-electron chi connectivity index (χ0n) is 26.0. The van der Waals surface area contributed by atoms with Crippen molar-refractivity contribution in [2.75, 3.05) is 29.6 Å². The fourth-order valence-corrected chi connectivity index (χ4v) is 4.35. The largest absolute Gasteiger partial charge is 0.494 e. The molecule has 0 radical (unpaired) electrons. The summed E-state index contributed by atoms with van der Waals surface area (Å²) >= 11 is 0. The summed E-state index contributed by atoms with van der Waals surface area (Å²) in [6, 6.07) is 27.1. The van der Waals surface area contributed by atoms with Crippen LogP contribution in [0.15, 0.2) is 105 Å². The number of aromatic nitrogens is 3. The third-order valence-electron chi connectivity index (χ3n) is 6.62. The normalized spacial score (nSPS) is 11.2. The van der Waals surface area contributed by atoms with Crippen molar-refractivity contribution in [3.8, 4) is 5.75 Å². The summed E-state index contributed by atoms with van der Waals surface area (Å²) in [6.45, 7) is 8.84. The van der Waals surface area contributed by atoms with Gasteiger partial charge in [0.2, 0.25) is 17.8 Å². The number of nitrogens with one attached hydrogen (secondary N) is 3. The highest BCUT2D eigenvalue weighted by Gasteiger charge is 2.12. The van der Waals surface area contributed by atoms with Crippen molar-refractivity contribution in [3.05, 3.63) is 102 Å². The molecular formula is C34H36N10O. The molecule has 0 aliphatic carbocycles. The second-order valence-electron chi connectivity index (χ2n) is 10.4. The first-order valence-corrected chi connectivity index (χ1v) is 14.7. The fraction of sp³-hybridized carbons (Fsp3) is 0.206. The average Bonchev–Trinajstić information content (AvgIpc) is 3.03. The molecule has 0 atom stereocenters. The summed E-state index contributed by atoms with van der Waals surface area (Å²) in [5.41, 5.74) is 7.72. The molecular weight excluding hydrogens is 564 g/mol. The number of rotatable bonds is 12. The van der Waals surface area contributed by atoms with Crippen LogP contribution < -0.4 is 20.7 Å². The van der Waals surface area contributed by atoms with Gasteiger partial charge in [0, 0.05) is 18.3 Å². The Morgan fingerprint density at radius 3 is 1.64 bits per heavy atom. The Hall–Kier alpha value is -5.71. The standard InChI is InChI=1S/C34H36N10O/c1-6-17-35-32-38-33(36-29-15-13-27(20-24(29)4)43-41-25-11-7-9-22(2)18-25)40-34(39-32)37-30-16-14-28(21-31(30)45-5)44-42-26-12-8-10-23(3)19-26/h7-16,18-21H,6,17H2,1-5H3,(H3,35,36,37,38,39,40). The number of anilines is 5. The van der Waals surface area contributed by atoms with Crippen molar-refractivity contribution in [2.24, 2.45) is 20.5 Å². The van der Waals surface area contributed by atoms with E-state index < -0.39 is 0 Å². The van der Waals surface area contributed by atoms with Crippen molar-refractivity contribution in [2.45, 2.75) is 34.1 Å². The van der Waals surface area contributed by atoms with E-state index >= 15 is 0 Å². The molecule has 0 unspecified atom stereocenters. The first-order valence-electron chi connectivity index (χ1n) is 14.7. The van der Waals surface area contributed by atoms with E-state index in [1.807, 2.05) is 99.6 Å². The number of methoxy groups -OCH3 is 1. The molecule has 4 aromatic carbocycles. The van der Waals surface area contributed by atoms with Crippen molar-refractivity contribution in [3.63, 3.8) is 0 Å². The molecule has 0 spiro atoms. The number of hydrogen-bond acceptors (Lipinski definition) is 11. The van der Waals surface area contributed by atoms with E-state index in [-0.39, 0.29) is 0 Å². The molecule has 0 aliphatic heterocycles. The summed E-state index contributed by atoms with van der Waals surface area (Å²) in [5, 5.41) is 27.3. The number of benzene rings is 4. The molecule has 0 fully saturated rings. The fourth-order valence-electron chi connectivity index (χ4n) is 4.35. The van der Waals surface area contributed by atoms with E-state index in [2.05, 4.69) is 58.3 Å². The number of ether oxygens (including phenoxy) is 1. The maximum absolute atomic E-state index is 5.65. The second-order valence-corrected chi connectivity index (χ2v) is 10.4. The number of azo groups is 2. The summed E-state index contributed by atoms with van der Waals surface area (Å²) in [5.74, 6) is 1.74. The highest BCUT2D eigenvalue weighted by molar-refractivity contribution is 5.68. The molecule has 0 amide bonds. The van der Waals surface area contributed by atoms with Gasteiger partial charge in [0.15, 0.2) is 0 Å². The lowest BCUT2D eigenvalue weighted by Gasteiger charge is -2.14. The molecule has 3 N–H and O–H groups in total. The van der Waals surface area contributed by atoms with Gasteiger partial charge in [0.05, 0.1) is 35.5 Å². The van der Waals surface area contributed by atoms with Crippen LogP contribution in [-0.2, 0) is 0 Å². The molecule has 11 heteroatoms. The number of nitrogens with zero attached hydrogens (tertiary/aromatic N) is 7. The van der Waals surface area contributed by atoms with E-state index in [4.69, 9.17) is 4.74 Å². The van der Waals surface area contributed by atoms with Gasteiger partial charge >= 0.3 is 0 Å². The van der Waals surface area contributed by atoms with E-state index in [0.717, 1.165) is 45.9 Å². The van der Waals surface area contributed by atoms with Crippen LogP contribution in [0.25, 0.3) is 0 Å². The van der Waals surface area contributed by atoms with Gasteiger partial charge in [0.1, 0.15) is 5.75 Å². The van der Waals surface area contributed by atoms with Gasteiger partial charge in [-0.05, 0) is 98.5 Å². The summed E-state index contributed by atoms with van der Waals surface area (Å²) < 4.78 is 5.65. The van der Waals surface area contributed by atoms with E-state index in [1.54, 1.807) is 13.2 Å². The molecule has 0 saturated carbocycles. The molecule has 5 aromatic rings. The summed E-state index contributed by atoms with van der Waals surface area (Å²) in [7, 11) is 1.60. The van der Waals surface area contributed by atoms with Gasteiger partial charge in [-0.15, -0.1) is 0 Å². The Balaban J connectivity index is 1.35. The van der Waals surface area contributed by atoms with Crippen LogP contribution in [0.1, 0.15) is 30.0 Å². The minimum atomic E-state index is 0.347. The molecule has 11 nitrogen and oxygen atoms in total. The van der Waals surface area contributed by atoms with Crippen LogP contribution in [0.2, 0.25) is 0 Å². The lowest BCUT2D eigenvalue weighted by Crippen LogP contribution is -2.10. The lowest BCUT2D eigenvalue weighted by atomic mass is 10.2. The quantitative estimate of drug-likeness (QED) is 0.121. The third kappa shape index (κ3) is 8.66. The van der Waals surface area contributed by atoms with Crippen LogP contribution in [0, 0.1) is 20.8 Å². The van der Waals surface area contributed by atoms with E-state index in [0.29, 0.717) is 41.5 Å². The maximum atomic E-state index is 5.65. The minimum Gasteiger partial charge on any atom is -0.494 e. The first-order chi connectivity index (χ1) is 21.9. The third-order valence-corrected chi connectivity index (χ3v) is 6.62. The van der Waals surface area contributed by atoms with Crippen LogP contribution in [0.4, 0.5) is 52.0 Å². The zero-order valence-corrected chi connectivity index (χ0v) is 26.0. The van der Waals surface area contributed by atoms with Gasteiger partial charge in [0.25, 0.3) is 0 Å². The lowest BCUT2D eigenvalue weighted by molar-refractivity contribution is 0.417. The van der Waals surface area contributed by atoms with Crippen molar-refractivity contribution in [1.29, 1.82) is 0 Å². The first kappa shape index (κ1) is 30.7. The predicted molar refractivity (Wildman–Crippen MR) is 180 cm³/mol. The van der Waals surface area contributed by atoms with E-state index in [9.17, 15) is 0 Å². The van der Waals surface area contributed by atoms with Crippen molar-refractivity contribution >= 4 is 52.0 Å². The van der Waals surface area contributed by atoms with Crippen LogP contribution in [-0.4, -0.2) is 28.6 Å². The Kier molecular flexibility index (Phi) is 10.0. The summed E-state index contributed by atoms with van der Waals surface area (Å²) in [6.07, 6.45) is 0.918. The molecule has 0 aliphatic rings. The van der Waals surface area contributed by atoms with Gasteiger partial charge in [-0.3, -0.25) is 0 Å². The van der Waals surface area contributed by atoms with Crippen LogP contribution in [0.3, 0.4) is 0 Å². The van der Waals surface area contributed by atoms with Gasteiger partial charge in [-0.2, -0.15) is 35.4 Å². The number of hydrogen-bond donors (Lipinski definition) is 3. The molecule has 1 aromatic heterocycles. The highest BCUT2D eigenvalue weighted by atomic mass is 16.5. The molecule has 1 heterocycles. The van der Waals surface area contributed by atoms with Gasteiger partial charge < -0.3 is 20.7 Å². The van der Waals surface area contributed by atoms with Crippen LogP contribution >= 0.6 is 0 Å². The molecule has 5 rings (SSSR count). The topological polar surface area (TPSA) is 133 Å². The Bertz CT molecular complexity index is 1840. The Labute approximate surface area is 263 Å². The van der Waals surface area contributed by atoms with Crippen LogP contribution in [0.5, 0.6) is 5.75 Å². The van der Waals surface area contributed by atoms with Gasteiger partial charge in [-0.25, -0.2) is 0 Å². The number of aryl methyl sites for hydroxylation is 3. The summed E-state index contributed by atoms with van der Waals surface area (Å²) in [4.78, 5) is 13.8. The Morgan fingerprint density at radius 1 is 0.600 bits per heavy atom. The predicted octanol–water partition coefficient (Wildman–Crippen LogP) is 9.95. The Morgan fingerprint density at radius 2 is 1.11 bits per heavy atom. The zero-order chi connectivity index (χ0) is 31.6. The highest BCUT2D eigenvalue weighted by Crippen LogP contribution is 2.33. The second kappa shape index (κ2) is 14.6. The smallest absolute Gasteiger partial charge is 0.233 e. The minimum absolute atomic E-state index is 0.347. The monoisotopic (exact) mass is 600 g/mol.